The van der Waals surface area contributed by atoms with Crippen LogP contribution >= 0.6 is 23.1 Å². The van der Waals surface area contributed by atoms with Crippen LogP contribution in [-0.2, 0) is 6.42 Å². The average Bonchev–Trinajstić information content (AvgIpc) is 2.64. The first-order chi connectivity index (χ1) is 8.61. The van der Waals surface area contributed by atoms with Crippen LogP contribution in [-0.4, -0.2) is 37.1 Å². The fraction of sp³-hybridized carbons (Fsp3) is 0.643. The largest absolute Gasteiger partial charge is 0.309 e. The Balaban J connectivity index is 2.22. The Hall–Kier alpha value is -0.320. The minimum Gasteiger partial charge on any atom is -0.309 e. The minimum absolute atomic E-state index is 0.179. The summed E-state index contributed by atoms with van der Waals surface area (Å²) in [6.45, 7) is 3.06. The van der Waals surface area contributed by atoms with Crippen molar-refractivity contribution in [1.82, 2.24) is 4.90 Å². The van der Waals surface area contributed by atoms with Crippen molar-refractivity contribution in [3.05, 3.63) is 16.5 Å². The molecule has 4 heteroatoms. The molecule has 1 aromatic rings. The van der Waals surface area contributed by atoms with Crippen LogP contribution in [0, 0.1) is 5.92 Å². The Morgan fingerprint density at radius 2 is 2.22 bits per heavy atom. The molecule has 0 aliphatic carbocycles. The van der Waals surface area contributed by atoms with Gasteiger partial charge in [0.05, 0.1) is 4.21 Å². The van der Waals surface area contributed by atoms with Gasteiger partial charge in [0.1, 0.15) is 0 Å². The molecule has 2 nitrogen and oxygen atoms in total. The first-order valence-corrected chi connectivity index (χ1v) is 8.36. The summed E-state index contributed by atoms with van der Waals surface area (Å²) in [5.74, 6) is 1.61. The second kappa shape index (κ2) is 6.22. The first kappa shape index (κ1) is 14.1. The van der Waals surface area contributed by atoms with E-state index in [2.05, 4.69) is 17.9 Å². The summed E-state index contributed by atoms with van der Waals surface area (Å²) in [6.07, 6.45) is 3.26. The smallest absolute Gasteiger partial charge is 0.169 e. The lowest BCUT2D eigenvalue weighted by molar-refractivity contribution is 0.0894. The number of Topliss-reactive ketones (excluding diaryl/α,β-unsaturated/α-hetero) is 1. The Kier molecular flexibility index (Phi) is 4.87. The quantitative estimate of drug-likeness (QED) is 0.843. The fourth-order valence-corrected chi connectivity index (χ4v) is 5.03. The van der Waals surface area contributed by atoms with Gasteiger partial charge in [0, 0.05) is 22.9 Å². The lowest BCUT2D eigenvalue weighted by Crippen LogP contribution is -2.27. The minimum atomic E-state index is 0.179. The number of fused-ring (bicyclic) bond motifs is 1. The number of thiophene rings is 1. The molecule has 0 fully saturated rings. The predicted octanol–water partition coefficient (Wildman–Crippen LogP) is 3.56. The van der Waals surface area contributed by atoms with Crippen LogP contribution in [0.3, 0.4) is 0 Å². The Labute approximate surface area is 118 Å². The number of carbonyl (C=O) groups is 1. The Bertz CT molecular complexity index is 425. The molecule has 0 spiro atoms. The van der Waals surface area contributed by atoms with Crippen molar-refractivity contribution in [2.45, 2.75) is 30.4 Å². The van der Waals surface area contributed by atoms with Crippen molar-refractivity contribution in [2.75, 3.05) is 26.4 Å². The van der Waals surface area contributed by atoms with E-state index in [4.69, 9.17) is 0 Å². The van der Waals surface area contributed by atoms with E-state index in [-0.39, 0.29) is 5.92 Å². The van der Waals surface area contributed by atoms with Gasteiger partial charge in [-0.25, -0.2) is 0 Å². The van der Waals surface area contributed by atoms with Gasteiger partial charge in [0.15, 0.2) is 5.78 Å². The van der Waals surface area contributed by atoms with E-state index < -0.39 is 0 Å². The molecule has 2 rings (SSSR count). The van der Waals surface area contributed by atoms with E-state index >= 15 is 0 Å². The predicted molar refractivity (Wildman–Crippen MR) is 80.0 cm³/mol. The van der Waals surface area contributed by atoms with Gasteiger partial charge in [0.2, 0.25) is 0 Å². The zero-order valence-electron chi connectivity index (χ0n) is 11.4. The molecule has 1 aliphatic rings. The lowest BCUT2D eigenvalue weighted by Gasteiger charge is -2.17. The molecular weight excluding hydrogens is 262 g/mol. The highest BCUT2D eigenvalue weighted by molar-refractivity contribution is 8.01. The third-order valence-corrected chi connectivity index (χ3v) is 5.68. The summed E-state index contributed by atoms with van der Waals surface area (Å²) in [6, 6.07) is 2.15. The van der Waals surface area contributed by atoms with Crippen LogP contribution in [0.2, 0.25) is 0 Å². The molecule has 0 amide bonds. The topological polar surface area (TPSA) is 20.3 Å². The SMILES string of the molecule is CCCc1cc2c(s1)SCCC(CN(C)C)C2=O. The van der Waals surface area contributed by atoms with Crippen molar-refractivity contribution in [1.29, 1.82) is 0 Å². The summed E-state index contributed by atoms with van der Waals surface area (Å²) >= 11 is 3.70. The summed E-state index contributed by atoms with van der Waals surface area (Å²) in [5.41, 5.74) is 0.998. The zero-order chi connectivity index (χ0) is 13.1. The maximum absolute atomic E-state index is 12.6. The number of carbonyl (C=O) groups excluding carboxylic acids is 1. The first-order valence-electron chi connectivity index (χ1n) is 6.56. The molecule has 1 aromatic heterocycles. The summed E-state index contributed by atoms with van der Waals surface area (Å²) < 4.78 is 1.25. The molecule has 2 heterocycles. The van der Waals surface area contributed by atoms with E-state index in [0.717, 1.165) is 37.1 Å². The molecule has 0 saturated carbocycles. The van der Waals surface area contributed by atoms with E-state index in [1.165, 1.54) is 9.09 Å². The van der Waals surface area contributed by atoms with Crippen molar-refractivity contribution in [2.24, 2.45) is 5.92 Å². The molecule has 1 atom stereocenters. The highest BCUT2D eigenvalue weighted by atomic mass is 32.2. The highest BCUT2D eigenvalue weighted by Gasteiger charge is 2.27. The standard InChI is InChI=1S/C14H21NOS2/c1-4-5-11-8-12-13(16)10(9-15(2)3)6-7-17-14(12)18-11/h8,10H,4-7,9H2,1-3H3. The molecule has 18 heavy (non-hydrogen) atoms. The van der Waals surface area contributed by atoms with Crippen LogP contribution in [0.4, 0.5) is 0 Å². The number of ketones is 1. The third-order valence-electron chi connectivity index (χ3n) is 3.17. The normalized spacial score (nSPS) is 20.0. The van der Waals surface area contributed by atoms with Gasteiger partial charge < -0.3 is 4.90 Å². The molecule has 1 aliphatic heterocycles. The maximum atomic E-state index is 12.6. The third kappa shape index (κ3) is 3.16. The second-order valence-electron chi connectivity index (χ2n) is 5.12. The molecule has 0 bridgehead atoms. The van der Waals surface area contributed by atoms with Gasteiger partial charge in [0.25, 0.3) is 0 Å². The molecule has 0 radical (unpaired) electrons. The van der Waals surface area contributed by atoms with Gasteiger partial charge in [-0.3, -0.25) is 4.79 Å². The van der Waals surface area contributed by atoms with Crippen LogP contribution in [0.5, 0.6) is 0 Å². The average molecular weight is 283 g/mol. The van der Waals surface area contributed by atoms with Crippen molar-refractivity contribution >= 4 is 28.9 Å². The monoisotopic (exact) mass is 283 g/mol. The molecule has 0 saturated heterocycles. The maximum Gasteiger partial charge on any atom is 0.169 e. The van der Waals surface area contributed by atoms with Gasteiger partial charge >= 0.3 is 0 Å². The molecule has 0 N–H and O–H groups in total. The number of thioether (sulfide) groups is 1. The van der Waals surface area contributed by atoms with Gasteiger partial charge in [-0.2, -0.15) is 0 Å². The Morgan fingerprint density at radius 3 is 2.89 bits per heavy atom. The van der Waals surface area contributed by atoms with Crippen molar-refractivity contribution in [3.8, 4) is 0 Å². The van der Waals surface area contributed by atoms with E-state index in [1.54, 1.807) is 0 Å². The second-order valence-corrected chi connectivity index (χ2v) is 7.62. The molecular formula is C14H21NOS2. The number of rotatable bonds is 4. The lowest BCUT2D eigenvalue weighted by atomic mass is 9.96. The van der Waals surface area contributed by atoms with Gasteiger partial charge in [-0.1, -0.05) is 13.3 Å². The number of hydrogen-bond donors (Lipinski definition) is 0. The highest BCUT2D eigenvalue weighted by Crippen LogP contribution is 2.38. The van der Waals surface area contributed by atoms with Gasteiger partial charge in [-0.15, -0.1) is 23.1 Å². The number of hydrogen-bond acceptors (Lipinski definition) is 4. The summed E-state index contributed by atoms with van der Waals surface area (Å²) in [4.78, 5) is 16.0. The van der Waals surface area contributed by atoms with E-state index in [1.807, 2.05) is 37.2 Å². The molecule has 0 aromatic carbocycles. The van der Waals surface area contributed by atoms with Gasteiger partial charge in [-0.05, 0) is 38.8 Å². The number of nitrogens with zero attached hydrogens (tertiary/aromatic N) is 1. The van der Waals surface area contributed by atoms with Crippen LogP contribution in [0.1, 0.15) is 35.0 Å². The molecule has 100 valence electrons. The van der Waals surface area contributed by atoms with Crippen LogP contribution < -0.4 is 0 Å². The molecule has 1 unspecified atom stereocenters. The van der Waals surface area contributed by atoms with E-state index in [0.29, 0.717) is 5.78 Å². The fourth-order valence-electron chi connectivity index (χ4n) is 2.33. The van der Waals surface area contributed by atoms with Crippen LogP contribution in [0.15, 0.2) is 10.3 Å². The van der Waals surface area contributed by atoms with Crippen molar-refractivity contribution in [3.63, 3.8) is 0 Å². The van der Waals surface area contributed by atoms with E-state index in [9.17, 15) is 4.79 Å². The Morgan fingerprint density at radius 1 is 1.44 bits per heavy atom. The number of aryl methyl sites for hydroxylation is 1. The summed E-state index contributed by atoms with van der Waals surface area (Å²) in [7, 11) is 4.09. The zero-order valence-corrected chi connectivity index (χ0v) is 13.0. The summed E-state index contributed by atoms with van der Waals surface area (Å²) in [5, 5.41) is 0. The van der Waals surface area contributed by atoms with Crippen molar-refractivity contribution < 1.29 is 4.79 Å². The van der Waals surface area contributed by atoms with Crippen LogP contribution in [0.25, 0.3) is 0 Å².